The Balaban J connectivity index is 3.42. The van der Waals surface area contributed by atoms with Gasteiger partial charge in [0.1, 0.15) is 0 Å². The van der Waals surface area contributed by atoms with E-state index in [1.165, 1.54) is 57.8 Å². The Hall–Kier alpha value is -0.790. The Morgan fingerprint density at radius 1 is 0.720 bits per heavy atom. The summed E-state index contributed by atoms with van der Waals surface area (Å²) in [7, 11) is 0. The van der Waals surface area contributed by atoms with E-state index in [1.807, 2.05) is 0 Å². The maximum Gasteiger partial charge on any atom is 0.303 e. The highest BCUT2D eigenvalue weighted by molar-refractivity contribution is 5.66. The van der Waals surface area contributed by atoms with Crippen LogP contribution in [0.1, 0.15) is 111 Å². The van der Waals surface area contributed by atoms with Crippen LogP contribution in [0.25, 0.3) is 0 Å². The minimum Gasteiger partial charge on any atom is -0.481 e. The van der Waals surface area contributed by atoms with Crippen molar-refractivity contribution in [3.05, 3.63) is 12.2 Å². The molecule has 0 aliphatic carbocycles. The number of carboxylic acids is 1. The van der Waals surface area contributed by atoms with Crippen molar-refractivity contribution in [1.29, 1.82) is 0 Å². The monoisotopic (exact) mass is 352 g/mol. The zero-order chi connectivity index (χ0) is 18.9. The predicted octanol–water partition coefficient (Wildman–Crippen LogP) is 7.63. The molecule has 0 spiro atoms. The van der Waals surface area contributed by atoms with Gasteiger partial charge in [-0.25, -0.2) is 0 Å². The average molecular weight is 353 g/mol. The molecule has 2 atom stereocenters. The van der Waals surface area contributed by atoms with Gasteiger partial charge in [-0.3, -0.25) is 4.79 Å². The average Bonchev–Trinajstić information content (AvgIpc) is 2.52. The summed E-state index contributed by atoms with van der Waals surface area (Å²) >= 11 is 0. The van der Waals surface area contributed by atoms with Crippen LogP contribution in [0.2, 0.25) is 0 Å². The molecule has 25 heavy (non-hydrogen) atoms. The fourth-order valence-corrected chi connectivity index (χ4v) is 3.34. The SMILES string of the molecule is CC(C)CCCC(C)CCCC(C)CCCC/C=C\CCCC(=O)O. The maximum absolute atomic E-state index is 10.4. The topological polar surface area (TPSA) is 37.3 Å². The molecule has 0 aromatic rings. The number of carboxylic acid groups (broad SMARTS) is 1. The summed E-state index contributed by atoms with van der Waals surface area (Å²) in [4.78, 5) is 10.4. The smallest absolute Gasteiger partial charge is 0.303 e. The third-order valence-electron chi connectivity index (χ3n) is 5.12. The van der Waals surface area contributed by atoms with Crippen molar-refractivity contribution in [2.24, 2.45) is 17.8 Å². The number of carbonyl (C=O) groups is 1. The summed E-state index contributed by atoms with van der Waals surface area (Å²) in [6.45, 7) is 9.47. The van der Waals surface area contributed by atoms with Gasteiger partial charge < -0.3 is 5.11 Å². The van der Waals surface area contributed by atoms with Crippen LogP contribution in [0.3, 0.4) is 0 Å². The summed E-state index contributed by atoms with van der Waals surface area (Å²) in [5.41, 5.74) is 0. The van der Waals surface area contributed by atoms with Gasteiger partial charge in [0.15, 0.2) is 0 Å². The Morgan fingerprint density at radius 3 is 1.72 bits per heavy atom. The number of unbranched alkanes of at least 4 members (excludes halogenated alkanes) is 3. The first kappa shape index (κ1) is 24.2. The molecule has 0 aromatic carbocycles. The highest BCUT2D eigenvalue weighted by atomic mass is 16.4. The molecule has 0 aliphatic rings. The zero-order valence-corrected chi connectivity index (χ0v) is 17.4. The number of hydrogen-bond donors (Lipinski definition) is 1. The van der Waals surface area contributed by atoms with Crippen molar-refractivity contribution in [3.63, 3.8) is 0 Å². The van der Waals surface area contributed by atoms with Crippen molar-refractivity contribution in [3.8, 4) is 0 Å². The van der Waals surface area contributed by atoms with Crippen LogP contribution in [-0.2, 0) is 4.79 Å². The molecule has 0 aromatic heterocycles. The second-order valence-electron chi connectivity index (χ2n) is 8.51. The molecule has 0 radical (unpaired) electrons. The van der Waals surface area contributed by atoms with Gasteiger partial charge >= 0.3 is 5.97 Å². The van der Waals surface area contributed by atoms with Crippen LogP contribution in [0, 0.1) is 17.8 Å². The summed E-state index contributed by atoms with van der Waals surface area (Å²) in [6, 6.07) is 0. The molecule has 2 heteroatoms. The number of rotatable bonds is 17. The molecule has 1 N–H and O–H groups in total. The number of hydrogen-bond acceptors (Lipinski definition) is 1. The Morgan fingerprint density at radius 2 is 1.20 bits per heavy atom. The van der Waals surface area contributed by atoms with Crippen molar-refractivity contribution in [2.45, 2.75) is 111 Å². The molecule has 0 aliphatic heterocycles. The van der Waals surface area contributed by atoms with Gasteiger partial charge in [-0.1, -0.05) is 91.2 Å². The van der Waals surface area contributed by atoms with Gasteiger partial charge in [0.25, 0.3) is 0 Å². The highest BCUT2D eigenvalue weighted by Gasteiger charge is 2.06. The Labute approximate surface area is 157 Å². The van der Waals surface area contributed by atoms with Gasteiger partial charge in [-0.2, -0.15) is 0 Å². The molecule has 0 amide bonds. The van der Waals surface area contributed by atoms with E-state index < -0.39 is 5.97 Å². The first-order chi connectivity index (χ1) is 11.9. The molecule has 0 saturated carbocycles. The van der Waals surface area contributed by atoms with E-state index in [4.69, 9.17) is 5.11 Å². The second-order valence-corrected chi connectivity index (χ2v) is 8.51. The molecule has 0 fully saturated rings. The molecular formula is C23H44O2. The van der Waals surface area contributed by atoms with E-state index in [9.17, 15) is 4.79 Å². The van der Waals surface area contributed by atoms with E-state index in [1.54, 1.807) is 0 Å². The zero-order valence-electron chi connectivity index (χ0n) is 17.4. The molecule has 148 valence electrons. The fourth-order valence-electron chi connectivity index (χ4n) is 3.34. The van der Waals surface area contributed by atoms with Crippen LogP contribution in [-0.4, -0.2) is 11.1 Å². The number of aliphatic carboxylic acids is 1. The molecule has 0 rings (SSSR count). The molecule has 0 saturated heterocycles. The van der Waals surface area contributed by atoms with Crippen molar-refractivity contribution in [1.82, 2.24) is 0 Å². The van der Waals surface area contributed by atoms with Gasteiger partial charge in [0.2, 0.25) is 0 Å². The highest BCUT2D eigenvalue weighted by Crippen LogP contribution is 2.21. The van der Waals surface area contributed by atoms with E-state index in [0.29, 0.717) is 0 Å². The van der Waals surface area contributed by atoms with Crippen LogP contribution < -0.4 is 0 Å². The van der Waals surface area contributed by atoms with E-state index in [-0.39, 0.29) is 6.42 Å². The van der Waals surface area contributed by atoms with Crippen molar-refractivity contribution >= 4 is 5.97 Å². The largest absolute Gasteiger partial charge is 0.481 e. The van der Waals surface area contributed by atoms with Gasteiger partial charge in [0, 0.05) is 6.42 Å². The van der Waals surface area contributed by atoms with Crippen molar-refractivity contribution in [2.75, 3.05) is 0 Å². The van der Waals surface area contributed by atoms with Gasteiger partial charge in [-0.05, 0) is 43.4 Å². The fraction of sp³-hybridized carbons (Fsp3) is 0.870. The van der Waals surface area contributed by atoms with Gasteiger partial charge in [0.05, 0.1) is 0 Å². The number of allylic oxidation sites excluding steroid dienone is 2. The van der Waals surface area contributed by atoms with Crippen molar-refractivity contribution < 1.29 is 9.90 Å². The molecule has 0 bridgehead atoms. The Kier molecular flexibility index (Phi) is 16.1. The predicted molar refractivity (Wildman–Crippen MR) is 110 cm³/mol. The maximum atomic E-state index is 10.4. The minimum atomic E-state index is -0.688. The lowest BCUT2D eigenvalue weighted by Crippen LogP contribution is -2.00. The van der Waals surface area contributed by atoms with E-state index in [0.717, 1.165) is 37.0 Å². The summed E-state index contributed by atoms with van der Waals surface area (Å²) < 4.78 is 0. The van der Waals surface area contributed by atoms with E-state index in [2.05, 4.69) is 39.8 Å². The summed E-state index contributed by atoms with van der Waals surface area (Å²) in [5.74, 6) is 1.93. The summed E-state index contributed by atoms with van der Waals surface area (Å²) in [5, 5.41) is 8.56. The Bertz CT molecular complexity index is 333. The van der Waals surface area contributed by atoms with Crippen LogP contribution in [0.4, 0.5) is 0 Å². The third kappa shape index (κ3) is 19.4. The van der Waals surface area contributed by atoms with Gasteiger partial charge in [-0.15, -0.1) is 0 Å². The third-order valence-corrected chi connectivity index (χ3v) is 5.12. The molecular weight excluding hydrogens is 308 g/mol. The van der Waals surface area contributed by atoms with Crippen LogP contribution in [0.5, 0.6) is 0 Å². The van der Waals surface area contributed by atoms with Crippen LogP contribution in [0.15, 0.2) is 12.2 Å². The lowest BCUT2D eigenvalue weighted by Gasteiger charge is -2.15. The second kappa shape index (κ2) is 16.7. The van der Waals surface area contributed by atoms with Crippen LogP contribution >= 0.6 is 0 Å². The van der Waals surface area contributed by atoms with E-state index >= 15 is 0 Å². The first-order valence-corrected chi connectivity index (χ1v) is 10.8. The quantitative estimate of drug-likeness (QED) is 0.216. The summed E-state index contributed by atoms with van der Waals surface area (Å²) in [6.07, 6.45) is 19.8. The molecule has 2 nitrogen and oxygen atoms in total. The first-order valence-electron chi connectivity index (χ1n) is 10.8. The standard InChI is InChI=1S/C23H44O2/c1-20(2)14-12-16-22(4)18-13-17-21(3)15-10-8-6-5-7-9-11-19-23(24)25/h5,7,20-22H,6,8-19H2,1-4H3,(H,24,25)/b7-5-. The lowest BCUT2D eigenvalue weighted by atomic mass is 9.92. The lowest BCUT2D eigenvalue weighted by molar-refractivity contribution is -0.137. The normalized spacial score (nSPS) is 14.3. The molecule has 2 unspecified atom stereocenters. The minimum absolute atomic E-state index is 0.290. The molecule has 0 heterocycles.